The molecule has 2 aromatic rings. The van der Waals surface area contributed by atoms with Crippen molar-refractivity contribution < 1.29 is 19.0 Å². The van der Waals surface area contributed by atoms with Crippen LogP contribution in [0.15, 0.2) is 24.3 Å². The Morgan fingerprint density at radius 3 is 2.39 bits per heavy atom. The molecule has 0 saturated heterocycles. The van der Waals surface area contributed by atoms with Crippen molar-refractivity contribution in [2.45, 2.75) is 33.1 Å². The van der Waals surface area contributed by atoms with Crippen molar-refractivity contribution in [3.05, 3.63) is 56.8 Å². The molecule has 0 heterocycles. The van der Waals surface area contributed by atoms with Crippen LogP contribution >= 0.6 is 23.2 Å². The van der Waals surface area contributed by atoms with Gasteiger partial charge in [0.2, 0.25) is 0 Å². The lowest BCUT2D eigenvalue weighted by atomic mass is 9.95. The third-order valence-electron chi connectivity index (χ3n) is 4.42. The molecule has 0 saturated carbocycles. The number of anilines is 1. The van der Waals surface area contributed by atoms with E-state index in [9.17, 15) is 14.3 Å². The first-order valence-corrected chi connectivity index (χ1v) is 9.76. The van der Waals surface area contributed by atoms with Crippen LogP contribution in [-0.4, -0.2) is 31.3 Å². The summed E-state index contributed by atoms with van der Waals surface area (Å²) < 4.78 is 19.8. The quantitative estimate of drug-likeness (QED) is 0.588. The smallest absolute Gasteiger partial charge is 0.325 e. The Morgan fingerprint density at radius 2 is 1.86 bits per heavy atom. The van der Waals surface area contributed by atoms with Crippen molar-refractivity contribution in [2.24, 2.45) is 0 Å². The molecule has 0 fully saturated rings. The van der Waals surface area contributed by atoms with Gasteiger partial charge in [-0.2, -0.15) is 0 Å². The molecule has 0 amide bonds. The van der Waals surface area contributed by atoms with Gasteiger partial charge in [0.1, 0.15) is 18.1 Å². The first-order chi connectivity index (χ1) is 13.1. The zero-order valence-electron chi connectivity index (χ0n) is 16.4. The Hall–Kier alpha value is -1.98. The van der Waals surface area contributed by atoms with E-state index in [4.69, 9.17) is 27.9 Å². The van der Waals surface area contributed by atoms with Gasteiger partial charge in [-0.25, -0.2) is 4.39 Å². The molecule has 2 aromatic carbocycles. The average Bonchev–Trinajstić information content (AvgIpc) is 2.59. The maximum Gasteiger partial charge on any atom is 0.325 e. The second-order valence-electron chi connectivity index (χ2n) is 6.85. The SMILES string of the molecule is CCOC(=O)CN(C)c1cc(Cl)c(Cc2ccc(O)c(C(C)C)c2F)c(Cl)c1. The maximum absolute atomic E-state index is 14.9. The van der Waals surface area contributed by atoms with E-state index in [-0.39, 0.29) is 36.2 Å². The first-order valence-electron chi connectivity index (χ1n) is 9.00. The Morgan fingerprint density at radius 1 is 1.25 bits per heavy atom. The number of nitrogens with zero attached hydrogens (tertiary/aromatic N) is 1. The number of halogens is 3. The molecule has 0 radical (unpaired) electrons. The number of phenols is 1. The average molecular weight is 428 g/mol. The van der Waals surface area contributed by atoms with Crippen LogP contribution in [0.1, 0.15) is 43.4 Å². The molecule has 7 heteroatoms. The van der Waals surface area contributed by atoms with E-state index in [0.29, 0.717) is 33.5 Å². The van der Waals surface area contributed by atoms with Gasteiger partial charge >= 0.3 is 5.97 Å². The standard InChI is InChI=1S/C21H24Cl2FNO3/c1-5-28-19(27)11-25(4)14-9-16(22)15(17(23)10-14)8-13-6-7-18(26)20(12(2)3)21(13)24/h6-7,9-10,12,26H,5,8,11H2,1-4H3. The van der Waals surface area contributed by atoms with Crippen molar-refractivity contribution in [3.8, 4) is 5.75 Å². The lowest BCUT2D eigenvalue weighted by Crippen LogP contribution is -2.27. The molecule has 4 nitrogen and oxygen atoms in total. The molecule has 0 spiro atoms. The second kappa shape index (κ2) is 9.48. The van der Waals surface area contributed by atoms with E-state index in [2.05, 4.69) is 0 Å². The molecule has 0 aliphatic heterocycles. The highest BCUT2D eigenvalue weighted by Gasteiger charge is 2.19. The van der Waals surface area contributed by atoms with Crippen LogP contribution in [0.4, 0.5) is 10.1 Å². The van der Waals surface area contributed by atoms with Crippen LogP contribution in [0.5, 0.6) is 5.75 Å². The predicted octanol–water partition coefficient (Wildman–Crippen LogP) is 5.55. The number of rotatable bonds is 7. The van der Waals surface area contributed by atoms with Gasteiger partial charge in [-0.3, -0.25) is 4.79 Å². The lowest BCUT2D eigenvalue weighted by molar-refractivity contribution is -0.141. The normalized spacial score (nSPS) is 11.0. The summed E-state index contributed by atoms with van der Waals surface area (Å²) in [4.78, 5) is 13.3. The molecule has 0 aromatic heterocycles. The molecule has 0 aliphatic rings. The summed E-state index contributed by atoms with van der Waals surface area (Å²) in [6.07, 6.45) is 0.186. The van der Waals surface area contributed by atoms with Gasteiger partial charge in [-0.15, -0.1) is 0 Å². The van der Waals surface area contributed by atoms with E-state index in [1.54, 1.807) is 31.0 Å². The maximum atomic E-state index is 14.9. The number of phenolic OH excluding ortho intramolecular Hbond substituents is 1. The fourth-order valence-corrected chi connectivity index (χ4v) is 3.58. The molecule has 0 unspecified atom stereocenters. The first kappa shape index (κ1) is 22.3. The molecular formula is C21H24Cl2FNO3. The summed E-state index contributed by atoms with van der Waals surface area (Å²) >= 11 is 12.8. The number of carbonyl (C=O) groups is 1. The summed E-state index contributed by atoms with van der Waals surface area (Å²) in [5.74, 6) is -1.03. The minimum Gasteiger partial charge on any atom is -0.508 e. The number of ether oxygens (including phenoxy) is 1. The Kier molecular flexibility index (Phi) is 7.55. The molecule has 0 bridgehead atoms. The highest BCUT2D eigenvalue weighted by Crippen LogP contribution is 2.35. The van der Waals surface area contributed by atoms with Crippen LogP contribution in [0.2, 0.25) is 10.0 Å². The van der Waals surface area contributed by atoms with Crippen LogP contribution in [-0.2, 0) is 16.0 Å². The Bertz CT molecular complexity index is 848. The Labute approximate surface area is 174 Å². The van der Waals surface area contributed by atoms with E-state index < -0.39 is 5.82 Å². The van der Waals surface area contributed by atoms with Crippen LogP contribution in [0.3, 0.4) is 0 Å². The van der Waals surface area contributed by atoms with Crippen LogP contribution < -0.4 is 4.90 Å². The predicted molar refractivity (Wildman–Crippen MR) is 111 cm³/mol. The summed E-state index contributed by atoms with van der Waals surface area (Å²) in [5, 5.41) is 10.7. The molecule has 1 N–H and O–H groups in total. The number of benzene rings is 2. The summed E-state index contributed by atoms with van der Waals surface area (Å²) in [5.41, 5.74) is 1.91. The van der Waals surface area contributed by atoms with Gasteiger partial charge in [0, 0.05) is 34.8 Å². The minimum absolute atomic E-state index is 0.0597. The zero-order valence-corrected chi connectivity index (χ0v) is 17.9. The van der Waals surface area contributed by atoms with Crippen molar-refractivity contribution >= 4 is 34.9 Å². The summed E-state index contributed by atoms with van der Waals surface area (Å²) in [6, 6.07) is 6.38. The van der Waals surface area contributed by atoms with E-state index >= 15 is 0 Å². The molecular weight excluding hydrogens is 404 g/mol. The van der Waals surface area contributed by atoms with E-state index in [0.717, 1.165) is 0 Å². The number of hydrogen-bond donors (Lipinski definition) is 1. The third-order valence-corrected chi connectivity index (χ3v) is 5.09. The van der Waals surface area contributed by atoms with Crippen molar-refractivity contribution in [2.75, 3.05) is 25.1 Å². The van der Waals surface area contributed by atoms with Gasteiger partial charge in [0.15, 0.2) is 0 Å². The van der Waals surface area contributed by atoms with Crippen molar-refractivity contribution in [1.29, 1.82) is 0 Å². The number of hydrogen-bond acceptors (Lipinski definition) is 4. The largest absolute Gasteiger partial charge is 0.508 e. The molecule has 28 heavy (non-hydrogen) atoms. The summed E-state index contributed by atoms with van der Waals surface area (Å²) in [7, 11) is 1.73. The van der Waals surface area contributed by atoms with E-state index in [1.165, 1.54) is 12.1 Å². The Balaban J connectivity index is 2.32. The highest BCUT2D eigenvalue weighted by molar-refractivity contribution is 6.36. The van der Waals surface area contributed by atoms with E-state index in [1.807, 2.05) is 13.8 Å². The minimum atomic E-state index is -0.453. The third kappa shape index (κ3) is 5.09. The molecule has 152 valence electrons. The van der Waals surface area contributed by atoms with Crippen LogP contribution in [0.25, 0.3) is 0 Å². The number of carbonyl (C=O) groups excluding carboxylic acids is 1. The van der Waals surface area contributed by atoms with Crippen molar-refractivity contribution in [3.63, 3.8) is 0 Å². The monoisotopic (exact) mass is 427 g/mol. The fourth-order valence-electron chi connectivity index (χ4n) is 2.97. The van der Waals surface area contributed by atoms with Gasteiger partial charge in [-0.1, -0.05) is 43.1 Å². The van der Waals surface area contributed by atoms with Gasteiger partial charge in [0.25, 0.3) is 0 Å². The number of likely N-dealkylation sites (N-methyl/N-ethyl adjacent to an activating group) is 1. The number of aromatic hydroxyl groups is 1. The number of esters is 1. The molecule has 0 aliphatic carbocycles. The van der Waals surface area contributed by atoms with Crippen molar-refractivity contribution in [1.82, 2.24) is 0 Å². The molecule has 0 atom stereocenters. The lowest BCUT2D eigenvalue weighted by Gasteiger charge is -2.20. The zero-order chi connectivity index (χ0) is 21.0. The van der Waals surface area contributed by atoms with Crippen LogP contribution in [0, 0.1) is 5.82 Å². The fraction of sp³-hybridized carbons (Fsp3) is 0.381. The highest BCUT2D eigenvalue weighted by atomic mass is 35.5. The molecule has 2 rings (SSSR count). The van der Waals surface area contributed by atoms with Gasteiger partial charge in [-0.05, 0) is 42.2 Å². The topological polar surface area (TPSA) is 49.8 Å². The van der Waals surface area contributed by atoms with Gasteiger partial charge < -0.3 is 14.7 Å². The second-order valence-corrected chi connectivity index (χ2v) is 7.67. The van der Waals surface area contributed by atoms with Gasteiger partial charge in [0.05, 0.1) is 6.61 Å². The summed E-state index contributed by atoms with van der Waals surface area (Å²) in [6.45, 7) is 5.74.